The maximum Gasteiger partial charge on any atom is 0.274 e. The van der Waals surface area contributed by atoms with E-state index in [1.807, 2.05) is 6.92 Å². The van der Waals surface area contributed by atoms with Crippen molar-refractivity contribution in [3.05, 3.63) is 57.0 Å². The van der Waals surface area contributed by atoms with Gasteiger partial charge in [0.2, 0.25) is 5.95 Å². The van der Waals surface area contributed by atoms with Gasteiger partial charge in [-0.1, -0.05) is 37.1 Å². The van der Waals surface area contributed by atoms with E-state index >= 15 is 0 Å². The van der Waals surface area contributed by atoms with Crippen LogP contribution in [0.2, 0.25) is 5.02 Å². The number of aromatic nitrogens is 4. The second-order valence-electron chi connectivity index (χ2n) is 4.98. The Bertz CT molecular complexity index is 931. The molecule has 2 aromatic heterocycles. The lowest BCUT2D eigenvalue weighted by Gasteiger charge is -2.02. The van der Waals surface area contributed by atoms with Gasteiger partial charge in [0.1, 0.15) is 0 Å². The van der Waals surface area contributed by atoms with E-state index in [2.05, 4.69) is 20.4 Å². The zero-order valence-corrected chi connectivity index (χ0v) is 13.1. The number of amides is 1. The third-order valence-electron chi connectivity index (χ3n) is 3.24. The molecule has 1 amide bonds. The lowest BCUT2D eigenvalue weighted by molar-refractivity contribution is 0.102. The third-order valence-corrected chi connectivity index (χ3v) is 3.57. The van der Waals surface area contributed by atoms with Crippen LogP contribution in [0, 0.1) is 0 Å². The molecule has 118 valence electrons. The first-order valence-corrected chi connectivity index (χ1v) is 7.51. The van der Waals surface area contributed by atoms with E-state index in [0.717, 1.165) is 6.42 Å². The van der Waals surface area contributed by atoms with Crippen LogP contribution in [-0.2, 0) is 6.42 Å². The van der Waals surface area contributed by atoms with Gasteiger partial charge in [-0.25, -0.2) is 4.98 Å². The Morgan fingerprint density at radius 1 is 1.35 bits per heavy atom. The molecule has 0 radical (unpaired) electrons. The number of nitrogens with one attached hydrogen (secondary N) is 2. The number of carbonyl (C=O) groups is 1. The molecule has 0 fully saturated rings. The largest absolute Gasteiger partial charge is 0.291 e. The highest BCUT2D eigenvalue weighted by Crippen LogP contribution is 2.16. The fourth-order valence-corrected chi connectivity index (χ4v) is 2.41. The lowest BCUT2D eigenvalue weighted by Crippen LogP contribution is -2.16. The summed E-state index contributed by atoms with van der Waals surface area (Å²) in [7, 11) is 0. The molecule has 2 N–H and O–H groups in total. The molecule has 0 spiro atoms. The monoisotopic (exact) mass is 331 g/mol. The van der Waals surface area contributed by atoms with E-state index < -0.39 is 5.91 Å². The molecule has 3 aromatic rings. The SMILES string of the molecule is CCCc1cc(=O)n2[nH]c(NC(=O)c3ccccc3Cl)nc2n1. The van der Waals surface area contributed by atoms with E-state index in [-0.39, 0.29) is 17.3 Å². The normalized spacial score (nSPS) is 10.9. The number of carbonyl (C=O) groups excluding carboxylic acids is 1. The van der Waals surface area contributed by atoms with Gasteiger partial charge in [0.15, 0.2) is 0 Å². The Labute approximate surface area is 136 Å². The van der Waals surface area contributed by atoms with Gasteiger partial charge in [0, 0.05) is 6.07 Å². The minimum Gasteiger partial charge on any atom is -0.291 e. The molecule has 23 heavy (non-hydrogen) atoms. The minimum atomic E-state index is -0.420. The fourth-order valence-electron chi connectivity index (χ4n) is 2.19. The molecule has 0 saturated heterocycles. The average molecular weight is 332 g/mol. The molecule has 0 unspecified atom stereocenters. The van der Waals surface area contributed by atoms with Crippen LogP contribution >= 0.6 is 11.6 Å². The Kier molecular flexibility index (Phi) is 4.12. The Hall–Kier alpha value is -2.67. The number of hydrogen-bond donors (Lipinski definition) is 2. The summed E-state index contributed by atoms with van der Waals surface area (Å²) in [5, 5.41) is 5.62. The maximum absolute atomic E-state index is 12.2. The standard InChI is InChI=1S/C15H14ClN5O2/c1-2-5-9-8-12(22)21-15(17-9)19-14(20-21)18-13(23)10-6-3-4-7-11(10)16/h3-4,6-8H,2,5H2,1H3,(H2,17,18,19,20,23). The van der Waals surface area contributed by atoms with Crippen LogP contribution in [0.3, 0.4) is 0 Å². The van der Waals surface area contributed by atoms with Gasteiger partial charge < -0.3 is 0 Å². The van der Waals surface area contributed by atoms with Crippen molar-refractivity contribution in [3.8, 4) is 0 Å². The van der Waals surface area contributed by atoms with Crippen LogP contribution in [0.5, 0.6) is 0 Å². The Morgan fingerprint density at radius 3 is 2.87 bits per heavy atom. The van der Waals surface area contributed by atoms with Gasteiger partial charge in [-0.2, -0.15) is 9.50 Å². The van der Waals surface area contributed by atoms with Gasteiger partial charge in [0.25, 0.3) is 17.2 Å². The summed E-state index contributed by atoms with van der Waals surface area (Å²) in [5.74, 6) is -0.0694. The van der Waals surface area contributed by atoms with E-state index in [4.69, 9.17) is 11.6 Å². The highest BCUT2D eigenvalue weighted by Gasteiger charge is 2.13. The summed E-state index contributed by atoms with van der Waals surface area (Å²) >= 11 is 5.99. The number of nitrogens with zero attached hydrogens (tertiary/aromatic N) is 3. The van der Waals surface area contributed by atoms with Crippen molar-refractivity contribution < 1.29 is 4.79 Å². The van der Waals surface area contributed by atoms with Gasteiger partial charge in [0.05, 0.1) is 16.3 Å². The highest BCUT2D eigenvalue weighted by atomic mass is 35.5. The molecular weight excluding hydrogens is 318 g/mol. The van der Waals surface area contributed by atoms with Gasteiger partial charge in [-0.3, -0.25) is 20.0 Å². The molecule has 2 heterocycles. The van der Waals surface area contributed by atoms with Crippen molar-refractivity contribution in [1.29, 1.82) is 0 Å². The topological polar surface area (TPSA) is 92.2 Å². The van der Waals surface area contributed by atoms with Crippen LogP contribution in [0.25, 0.3) is 5.78 Å². The molecule has 3 rings (SSSR count). The first-order chi connectivity index (χ1) is 11.1. The van der Waals surface area contributed by atoms with Gasteiger partial charge >= 0.3 is 0 Å². The molecule has 0 atom stereocenters. The molecule has 7 nitrogen and oxygen atoms in total. The third kappa shape index (κ3) is 3.09. The fraction of sp³-hybridized carbons (Fsp3) is 0.200. The molecule has 0 bridgehead atoms. The average Bonchev–Trinajstić information content (AvgIpc) is 2.91. The van der Waals surface area contributed by atoms with Gasteiger partial charge in [-0.15, -0.1) is 0 Å². The van der Waals surface area contributed by atoms with Crippen molar-refractivity contribution in [2.24, 2.45) is 0 Å². The quantitative estimate of drug-likeness (QED) is 0.767. The summed E-state index contributed by atoms with van der Waals surface area (Å²) in [4.78, 5) is 32.6. The number of fused-ring (bicyclic) bond motifs is 1. The number of aromatic amines is 1. The van der Waals surface area contributed by atoms with E-state index in [1.54, 1.807) is 24.3 Å². The maximum atomic E-state index is 12.2. The Morgan fingerprint density at radius 2 is 2.13 bits per heavy atom. The highest BCUT2D eigenvalue weighted by molar-refractivity contribution is 6.34. The molecule has 0 aliphatic heterocycles. The number of benzene rings is 1. The molecule has 8 heteroatoms. The van der Waals surface area contributed by atoms with Crippen molar-refractivity contribution in [1.82, 2.24) is 19.6 Å². The summed E-state index contributed by atoms with van der Waals surface area (Å²) in [6.07, 6.45) is 1.57. The molecule has 0 aliphatic rings. The lowest BCUT2D eigenvalue weighted by atomic mass is 10.2. The number of hydrogen-bond acceptors (Lipinski definition) is 4. The van der Waals surface area contributed by atoms with Crippen molar-refractivity contribution in [2.75, 3.05) is 5.32 Å². The van der Waals surface area contributed by atoms with E-state index in [1.165, 1.54) is 10.6 Å². The van der Waals surface area contributed by atoms with Crippen LogP contribution in [0.1, 0.15) is 29.4 Å². The predicted molar refractivity (Wildman–Crippen MR) is 87.0 cm³/mol. The second-order valence-corrected chi connectivity index (χ2v) is 5.38. The van der Waals surface area contributed by atoms with Crippen molar-refractivity contribution in [3.63, 3.8) is 0 Å². The first-order valence-electron chi connectivity index (χ1n) is 7.13. The summed E-state index contributed by atoms with van der Waals surface area (Å²) in [6, 6.07) is 8.12. The smallest absolute Gasteiger partial charge is 0.274 e. The number of aryl methyl sites for hydroxylation is 1. The number of halogens is 1. The van der Waals surface area contributed by atoms with Crippen LogP contribution in [0.15, 0.2) is 35.1 Å². The van der Waals surface area contributed by atoms with Crippen LogP contribution < -0.4 is 10.9 Å². The van der Waals surface area contributed by atoms with Crippen LogP contribution in [0.4, 0.5) is 5.95 Å². The predicted octanol–water partition coefficient (Wildman–Crippen LogP) is 2.28. The van der Waals surface area contributed by atoms with E-state index in [9.17, 15) is 9.59 Å². The molecule has 0 saturated carbocycles. The molecule has 1 aromatic carbocycles. The van der Waals surface area contributed by atoms with E-state index in [0.29, 0.717) is 22.7 Å². The molecular formula is C15H14ClN5O2. The summed E-state index contributed by atoms with van der Waals surface area (Å²) in [5.41, 5.74) is 0.721. The van der Waals surface area contributed by atoms with Gasteiger partial charge in [-0.05, 0) is 18.6 Å². The van der Waals surface area contributed by atoms with Crippen molar-refractivity contribution >= 4 is 29.2 Å². The zero-order valence-electron chi connectivity index (χ0n) is 12.3. The summed E-state index contributed by atoms with van der Waals surface area (Å²) in [6.45, 7) is 2.00. The number of rotatable bonds is 4. The minimum absolute atomic E-state index is 0.133. The van der Waals surface area contributed by atoms with Crippen molar-refractivity contribution in [2.45, 2.75) is 19.8 Å². The zero-order chi connectivity index (χ0) is 16.4. The number of H-pyrrole nitrogens is 1. The Balaban J connectivity index is 1.92. The second kappa shape index (κ2) is 6.21. The number of anilines is 1. The van der Waals surface area contributed by atoms with Crippen LogP contribution in [-0.4, -0.2) is 25.5 Å². The molecule has 0 aliphatic carbocycles. The summed E-state index contributed by atoms with van der Waals surface area (Å²) < 4.78 is 1.18. The first kappa shape index (κ1) is 15.2.